The van der Waals surface area contributed by atoms with Crippen LogP contribution in [0.25, 0.3) is 0 Å². The third-order valence-electron chi connectivity index (χ3n) is 1.03. The van der Waals surface area contributed by atoms with Crippen molar-refractivity contribution in [3.8, 4) is 0 Å². The van der Waals surface area contributed by atoms with Crippen molar-refractivity contribution >= 4 is 0 Å². The van der Waals surface area contributed by atoms with E-state index in [4.69, 9.17) is 10.6 Å². The summed E-state index contributed by atoms with van der Waals surface area (Å²) in [7, 11) is 1.92. The van der Waals surface area contributed by atoms with Crippen LogP contribution in [0.2, 0.25) is 0 Å². The maximum atomic E-state index is 5.29. The highest BCUT2D eigenvalue weighted by molar-refractivity contribution is 4.39. The molecule has 0 spiro atoms. The highest BCUT2D eigenvalue weighted by Crippen LogP contribution is 1.85. The topological polar surface area (TPSA) is 38.5 Å². The van der Waals surface area contributed by atoms with Crippen molar-refractivity contribution in [3.63, 3.8) is 0 Å². The number of nitrogens with two attached hydrogens (primary N) is 1. The van der Waals surface area contributed by atoms with Crippen molar-refractivity contribution in [2.24, 2.45) is 5.73 Å². The molecule has 0 aromatic heterocycles. The second-order valence-corrected chi connectivity index (χ2v) is 1.91. The zero-order valence-corrected chi connectivity index (χ0v) is 6.26. The predicted molar refractivity (Wildman–Crippen MR) is 37.9 cm³/mol. The van der Waals surface area contributed by atoms with E-state index >= 15 is 0 Å². The van der Waals surface area contributed by atoms with Gasteiger partial charge in [0.25, 0.3) is 0 Å². The highest BCUT2D eigenvalue weighted by atomic mass is 16.7. The van der Waals surface area contributed by atoms with Crippen LogP contribution in [-0.2, 0) is 4.84 Å². The van der Waals surface area contributed by atoms with E-state index in [-0.39, 0.29) is 0 Å². The summed E-state index contributed by atoms with van der Waals surface area (Å²) in [6, 6.07) is 0. The molecule has 0 bridgehead atoms. The number of hydrogen-bond donors (Lipinski definition) is 1. The summed E-state index contributed by atoms with van der Waals surface area (Å²) in [5, 5.41) is 1.81. The summed E-state index contributed by atoms with van der Waals surface area (Å²) in [6.45, 7) is 4.36. The van der Waals surface area contributed by atoms with Crippen molar-refractivity contribution < 1.29 is 4.84 Å². The number of rotatable bonds is 5. The fraction of sp³-hybridized carbons (Fsp3) is 1.00. The third-order valence-corrected chi connectivity index (χ3v) is 1.03. The van der Waals surface area contributed by atoms with Crippen LogP contribution in [0.4, 0.5) is 0 Å². The largest absolute Gasteiger partial charge is 0.330 e. The second kappa shape index (κ2) is 6.01. The Bertz CT molecular complexity index is 59.0. The van der Waals surface area contributed by atoms with Crippen molar-refractivity contribution in [1.29, 1.82) is 0 Å². The Morgan fingerprint density at radius 2 is 2.22 bits per heavy atom. The number of hydrogen-bond acceptors (Lipinski definition) is 3. The molecular weight excluding hydrogens is 116 g/mol. The van der Waals surface area contributed by atoms with Gasteiger partial charge in [-0.05, 0) is 19.9 Å². The molecule has 0 heterocycles. The summed E-state index contributed by atoms with van der Waals surface area (Å²) in [5.41, 5.74) is 5.29. The molecule has 0 fully saturated rings. The zero-order valence-electron chi connectivity index (χ0n) is 6.26. The van der Waals surface area contributed by atoms with Crippen LogP contribution in [0.1, 0.15) is 13.3 Å². The average Bonchev–Trinajstić information content (AvgIpc) is 1.85. The molecule has 0 aliphatic heterocycles. The quantitative estimate of drug-likeness (QED) is 0.544. The van der Waals surface area contributed by atoms with Crippen LogP contribution in [0.3, 0.4) is 0 Å². The van der Waals surface area contributed by atoms with Crippen LogP contribution in [0.15, 0.2) is 0 Å². The fourth-order valence-corrected chi connectivity index (χ4v) is 0.599. The molecule has 0 radical (unpaired) electrons. The number of nitrogens with zero attached hydrogens (tertiary/aromatic N) is 1. The Morgan fingerprint density at radius 3 is 2.67 bits per heavy atom. The van der Waals surface area contributed by atoms with Crippen molar-refractivity contribution in [3.05, 3.63) is 0 Å². The molecule has 0 aliphatic rings. The summed E-state index contributed by atoms with van der Waals surface area (Å²) in [4.78, 5) is 5.12. The van der Waals surface area contributed by atoms with E-state index in [1.165, 1.54) is 0 Å². The van der Waals surface area contributed by atoms with Crippen LogP contribution in [-0.4, -0.2) is 31.8 Å². The molecule has 0 aliphatic carbocycles. The molecule has 0 saturated heterocycles. The minimum Gasteiger partial charge on any atom is -0.330 e. The monoisotopic (exact) mass is 132 g/mol. The van der Waals surface area contributed by atoms with E-state index in [0.717, 1.165) is 26.1 Å². The van der Waals surface area contributed by atoms with Crippen LogP contribution in [0, 0.1) is 0 Å². The van der Waals surface area contributed by atoms with E-state index < -0.39 is 0 Å². The van der Waals surface area contributed by atoms with Gasteiger partial charge in [0.15, 0.2) is 0 Å². The Morgan fingerprint density at radius 1 is 1.56 bits per heavy atom. The molecule has 3 heteroatoms. The molecule has 56 valence electrons. The molecule has 0 atom stereocenters. The zero-order chi connectivity index (χ0) is 7.11. The fourth-order valence-electron chi connectivity index (χ4n) is 0.599. The summed E-state index contributed by atoms with van der Waals surface area (Å²) >= 11 is 0. The van der Waals surface area contributed by atoms with E-state index in [2.05, 4.69) is 0 Å². The van der Waals surface area contributed by atoms with Gasteiger partial charge in [-0.15, -0.1) is 0 Å². The standard InChI is InChI=1S/C6H16N2O/c1-3-9-8(2)6-4-5-7/h3-7H2,1-2H3. The highest BCUT2D eigenvalue weighted by Gasteiger charge is 1.92. The lowest BCUT2D eigenvalue weighted by atomic mass is 10.4. The maximum Gasteiger partial charge on any atom is 0.0656 e. The lowest BCUT2D eigenvalue weighted by molar-refractivity contribution is -0.134. The first-order chi connectivity index (χ1) is 4.31. The van der Waals surface area contributed by atoms with Crippen LogP contribution < -0.4 is 5.73 Å². The van der Waals surface area contributed by atoms with E-state index in [1.807, 2.05) is 19.0 Å². The SMILES string of the molecule is CCON(C)CCCN. The minimum absolute atomic E-state index is 0.734. The van der Waals surface area contributed by atoms with Gasteiger partial charge in [-0.25, -0.2) is 0 Å². The van der Waals surface area contributed by atoms with Gasteiger partial charge in [-0.1, -0.05) is 0 Å². The first-order valence-corrected chi connectivity index (χ1v) is 3.35. The van der Waals surface area contributed by atoms with Gasteiger partial charge in [0, 0.05) is 13.6 Å². The Kier molecular flexibility index (Phi) is 5.93. The molecule has 0 aromatic rings. The summed E-state index contributed by atoms with van der Waals surface area (Å²) < 4.78 is 0. The first-order valence-electron chi connectivity index (χ1n) is 3.35. The van der Waals surface area contributed by atoms with Gasteiger partial charge in [-0.2, -0.15) is 5.06 Å². The Labute approximate surface area is 56.7 Å². The van der Waals surface area contributed by atoms with E-state index in [1.54, 1.807) is 0 Å². The van der Waals surface area contributed by atoms with Gasteiger partial charge in [0.05, 0.1) is 6.61 Å². The van der Waals surface area contributed by atoms with Gasteiger partial charge >= 0.3 is 0 Å². The van der Waals surface area contributed by atoms with E-state index in [9.17, 15) is 0 Å². The van der Waals surface area contributed by atoms with Crippen molar-refractivity contribution in [2.45, 2.75) is 13.3 Å². The van der Waals surface area contributed by atoms with Crippen molar-refractivity contribution in [2.75, 3.05) is 26.7 Å². The number of hydroxylamine groups is 2. The van der Waals surface area contributed by atoms with Crippen LogP contribution in [0.5, 0.6) is 0 Å². The Hall–Kier alpha value is -0.120. The molecule has 0 rings (SSSR count). The van der Waals surface area contributed by atoms with E-state index in [0.29, 0.717) is 0 Å². The van der Waals surface area contributed by atoms with Crippen molar-refractivity contribution in [1.82, 2.24) is 5.06 Å². The minimum atomic E-state index is 0.734. The lowest BCUT2D eigenvalue weighted by Gasteiger charge is -2.13. The molecule has 3 nitrogen and oxygen atoms in total. The maximum absolute atomic E-state index is 5.29. The second-order valence-electron chi connectivity index (χ2n) is 1.91. The molecule has 0 amide bonds. The normalized spacial score (nSPS) is 10.7. The summed E-state index contributed by atoms with van der Waals surface area (Å²) in [5.74, 6) is 0. The molecule has 9 heavy (non-hydrogen) atoms. The Balaban J connectivity index is 2.95. The molecule has 0 unspecified atom stereocenters. The summed E-state index contributed by atoms with van der Waals surface area (Å²) in [6.07, 6.45) is 0.997. The first kappa shape index (κ1) is 8.88. The van der Waals surface area contributed by atoms with Gasteiger partial charge in [0.2, 0.25) is 0 Å². The third kappa shape index (κ3) is 5.76. The van der Waals surface area contributed by atoms with Crippen LogP contribution >= 0.6 is 0 Å². The smallest absolute Gasteiger partial charge is 0.0656 e. The van der Waals surface area contributed by atoms with Gasteiger partial charge in [0.1, 0.15) is 0 Å². The molecular formula is C6H16N2O. The van der Waals surface area contributed by atoms with Gasteiger partial charge < -0.3 is 5.73 Å². The molecule has 0 saturated carbocycles. The lowest BCUT2D eigenvalue weighted by Crippen LogP contribution is -2.21. The molecule has 0 aromatic carbocycles. The van der Waals surface area contributed by atoms with Gasteiger partial charge in [-0.3, -0.25) is 4.84 Å². The molecule has 2 N–H and O–H groups in total. The predicted octanol–water partition coefficient (Wildman–Crippen LogP) is 0.219. The average molecular weight is 132 g/mol.